The third kappa shape index (κ3) is 4.83. The van der Waals surface area contributed by atoms with Gasteiger partial charge >= 0.3 is 6.09 Å². The summed E-state index contributed by atoms with van der Waals surface area (Å²) >= 11 is 0. The van der Waals surface area contributed by atoms with Crippen molar-refractivity contribution < 1.29 is 14.3 Å². The van der Waals surface area contributed by atoms with E-state index < -0.39 is 0 Å². The van der Waals surface area contributed by atoms with Crippen LogP contribution < -0.4 is 16.0 Å². The van der Waals surface area contributed by atoms with Crippen LogP contribution in [-0.2, 0) is 4.74 Å². The first-order valence-corrected chi connectivity index (χ1v) is 13.4. The zero-order valence-electron chi connectivity index (χ0n) is 21.6. The minimum Gasteiger partial charge on any atom is -0.450 e. The third-order valence-corrected chi connectivity index (χ3v) is 7.94. The summed E-state index contributed by atoms with van der Waals surface area (Å²) < 4.78 is 6.87. The molecule has 2 aromatic heterocycles. The van der Waals surface area contributed by atoms with Gasteiger partial charge < -0.3 is 25.6 Å². The topological polar surface area (TPSA) is 113 Å². The molecule has 3 N–H and O–H groups in total. The summed E-state index contributed by atoms with van der Waals surface area (Å²) in [4.78, 5) is 31.2. The number of amides is 2. The van der Waals surface area contributed by atoms with Crippen LogP contribution in [0.3, 0.4) is 0 Å². The Hall–Kier alpha value is -3.92. The molecule has 0 bridgehead atoms. The highest BCUT2D eigenvalue weighted by Gasteiger charge is 2.54. The van der Waals surface area contributed by atoms with Crippen molar-refractivity contribution in [3.05, 3.63) is 59.8 Å². The van der Waals surface area contributed by atoms with Gasteiger partial charge in [-0.3, -0.25) is 4.79 Å². The number of anilines is 2. The molecular weight excluding hydrogens is 482 g/mol. The Morgan fingerprint density at radius 2 is 2.00 bits per heavy atom. The quantitative estimate of drug-likeness (QED) is 0.460. The van der Waals surface area contributed by atoms with E-state index in [4.69, 9.17) is 9.72 Å². The molecule has 1 saturated carbocycles. The number of nitrogens with zero attached hydrogens (tertiary/aromatic N) is 4. The van der Waals surface area contributed by atoms with Crippen LogP contribution in [0.25, 0.3) is 11.2 Å². The lowest BCUT2D eigenvalue weighted by Crippen LogP contribution is -2.35. The number of carbonyl (C=O) groups excluding carboxylic acids is 2. The molecule has 2 aliphatic heterocycles. The molecular formula is C28H33N7O3. The molecule has 4 heterocycles. The molecule has 2 amide bonds. The largest absolute Gasteiger partial charge is 0.450 e. The molecule has 1 spiro atoms. The second-order valence-electron chi connectivity index (χ2n) is 10.3. The van der Waals surface area contributed by atoms with Crippen LogP contribution in [0, 0.1) is 5.41 Å². The molecule has 2 fully saturated rings. The first kappa shape index (κ1) is 24.4. The van der Waals surface area contributed by atoms with Crippen LogP contribution in [0.4, 0.5) is 16.4 Å². The van der Waals surface area contributed by atoms with Crippen molar-refractivity contribution in [3.63, 3.8) is 0 Å². The van der Waals surface area contributed by atoms with E-state index >= 15 is 0 Å². The molecule has 38 heavy (non-hydrogen) atoms. The molecule has 3 aromatic rings. The first-order chi connectivity index (χ1) is 18.5. The monoisotopic (exact) mass is 515 g/mol. The summed E-state index contributed by atoms with van der Waals surface area (Å²) in [5.41, 5.74) is 4.64. The van der Waals surface area contributed by atoms with Gasteiger partial charge in [-0.1, -0.05) is 6.08 Å². The van der Waals surface area contributed by atoms with Gasteiger partial charge in [0.15, 0.2) is 5.65 Å². The first-order valence-electron chi connectivity index (χ1n) is 13.4. The predicted octanol–water partition coefficient (Wildman–Crippen LogP) is 3.59. The maximum atomic E-state index is 12.8. The fourth-order valence-electron chi connectivity index (χ4n) is 5.61. The Bertz CT molecular complexity index is 1370. The fraction of sp³-hybridized carbons (Fsp3) is 0.429. The van der Waals surface area contributed by atoms with Crippen molar-refractivity contribution in [2.24, 2.45) is 5.41 Å². The Kier molecular flexibility index (Phi) is 6.49. The van der Waals surface area contributed by atoms with Gasteiger partial charge in [-0.15, -0.1) is 5.10 Å². The van der Waals surface area contributed by atoms with Crippen LogP contribution in [0.2, 0.25) is 0 Å². The second-order valence-corrected chi connectivity index (χ2v) is 10.3. The molecule has 1 unspecified atom stereocenters. The van der Waals surface area contributed by atoms with Gasteiger partial charge in [-0.25, -0.2) is 9.31 Å². The molecule has 6 rings (SSSR count). The fourth-order valence-corrected chi connectivity index (χ4v) is 5.61. The highest BCUT2D eigenvalue weighted by atomic mass is 16.6. The van der Waals surface area contributed by atoms with E-state index in [2.05, 4.69) is 27.1 Å². The zero-order chi connectivity index (χ0) is 26.1. The lowest BCUT2D eigenvalue weighted by Gasteiger charge is -2.25. The van der Waals surface area contributed by atoms with Gasteiger partial charge in [-0.2, -0.15) is 4.98 Å². The minimum atomic E-state index is -0.281. The Labute approximate surface area is 221 Å². The third-order valence-electron chi connectivity index (χ3n) is 7.94. The molecule has 3 aliphatic rings. The lowest BCUT2D eigenvalue weighted by atomic mass is 9.94. The molecule has 0 radical (unpaired) electrons. The molecule has 10 heteroatoms. The molecule has 1 saturated heterocycles. The Morgan fingerprint density at radius 3 is 2.74 bits per heavy atom. The number of nitrogens with one attached hydrogen (secondary N) is 3. The number of pyridine rings is 1. The van der Waals surface area contributed by atoms with Crippen molar-refractivity contribution in [1.29, 1.82) is 0 Å². The Balaban J connectivity index is 1.11. The van der Waals surface area contributed by atoms with Gasteiger partial charge in [0.1, 0.15) is 0 Å². The average Bonchev–Trinajstić information content (AvgIpc) is 3.40. The predicted molar refractivity (Wildman–Crippen MR) is 144 cm³/mol. The SMILES string of the molecule is CCOC(=O)N1CC=C(c2cccn3nc(Nc4ccc(C(=O)NC5CC56CCNCC6)cc4)nc23)CC1. The van der Waals surface area contributed by atoms with Gasteiger partial charge in [0, 0.05) is 42.1 Å². The van der Waals surface area contributed by atoms with E-state index in [0.29, 0.717) is 42.7 Å². The van der Waals surface area contributed by atoms with Gasteiger partial charge in [-0.05, 0) is 93.1 Å². The summed E-state index contributed by atoms with van der Waals surface area (Å²) in [5.74, 6) is 0.458. The van der Waals surface area contributed by atoms with Gasteiger partial charge in [0.2, 0.25) is 5.95 Å². The maximum absolute atomic E-state index is 12.8. The zero-order valence-corrected chi connectivity index (χ0v) is 21.6. The van der Waals surface area contributed by atoms with Crippen molar-refractivity contribution >= 4 is 34.9 Å². The number of hydrogen-bond acceptors (Lipinski definition) is 7. The molecule has 1 atom stereocenters. The van der Waals surface area contributed by atoms with E-state index in [9.17, 15) is 9.59 Å². The standard InChI is InChI=1S/C28H33N7O3/c1-2-38-27(37)34-16-9-19(10-17-34)22-4-3-15-35-24(22)32-26(33-35)30-21-7-5-20(6-8-21)25(36)31-23-18-28(23)11-13-29-14-12-28/h3-9,15,23,29H,2,10-14,16-18H2,1H3,(H,30,33)(H,31,36). The Morgan fingerprint density at radius 1 is 1.18 bits per heavy atom. The van der Waals surface area contributed by atoms with Gasteiger partial charge in [0.25, 0.3) is 5.91 Å². The smallest absolute Gasteiger partial charge is 0.410 e. The summed E-state index contributed by atoms with van der Waals surface area (Å²) in [6.07, 6.45) is 7.72. The number of benzene rings is 1. The number of fused-ring (bicyclic) bond motifs is 1. The highest BCUT2D eigenvalue weighted by molar-refractivity contribution is 5.95. The van der Waals surface area contributed by atoms with Crippen LogP contribution >= 0.6 is 0 Å². The molecule has 10 nitrogen and oxygen atoms in total. The normalized spacial score (nSPS) is 20.2. The molecule has 1 aliphatic carbocycles. The van der Waals surface area contributed by atoms with Crippen molar-refractivity contribution in [3.8, 4) is 0 Å². The van der Waals surface area contributed by atoms with E-state index in [0.717, 1.165) is 61.2 Å². The van der Waals surface area contributed by atoms with Crippen molar-refractivity contribution in [1.82, 2.24) is 30.1 Å². The van der Waals surface area contributed by atoms with Crippen molar-refractivity contribution in [2.45, 2.75) is 38.6 Å². The van der Waals surface area contributed by atoms with Crippen LogP contribution in [0.5, 0.6) is 0 Å². The lowest BCUT2D eigenvalue weighted by molar-refractivity contribution is 0.0942. The number of hydrogen-bond donors (Lipinski definition) is 3. The average molecular weight is 516 g/mol. The number of rotatable bonds is 6. The summed E-state index contributed by atoms with van der Waals surface area (Å²) in [6, 6.07) is 11.7. The number of piperidine rings is 1. The van der Waals surface area contributed by atoms with E-state index in [1.54, 1.807) is 9.42 Å². The summed E-state index contributed by atoms with van der Waals surface area (Å²) in [5, 5.41) is 14.5. The van der Waals surface area contributed by atoms with Crippen molar-refractivity contribution in [2.75, 3.05) is 38.1 Å². The van der Waals surface area contributed by atoms with E-state index in [1.165, 1.54) is 0 Å². The number of carbonyl (C=O) groups is 2. The summed E-state index contributed by atoms with van der Waals surface area (Å²) in [7, 11) is 0. The van der Waals surface area contributed by atoms with Crippen LogP contribution in [0.15, 0.2) is 48.7 Å². The highest BCUT2D eigenvalue weighted by Crippen LogP contribution is 2.52. The van der Waals surface area contributed by atoms with Crippen LogP contribution in [0.1, 0.15) is 48.5 Å². The van der Waals surface area contributed by atoms with E-state index in [-0.39, 0.29) is 12.0 Å². The number of aromatic nitrogens is 3. The van der Waals surface area contributed by atoms with Crippen LogP contribution in [-0.4, -0.2) is 70.3 Å². The molecule has 198 valence electrons. The summed E-state index contributed by atoms with van der Waals surface area (Å²) in [6.45, 7) is 5.37. The maximum Gasteiger partial charge on any atom is 0.410 e. The van der Waals surface area contributed by atoms with E-state index in [1.807, 2.05) is 49.5 Å². The van der Waals surface area contributed by atoms with Gasteiger partial charge in [0.05, 0.1) is 6.61 Å². The second kappa shape index (κ2) is 10.1. The minimum absolute atomic E-state index is 0.0188. The number of ether oxygens (including phenoxy) is 1. The molecule has 1 aromatic carbocycles.